The fourth-order valence-corrected chi connectivity index (χ4v) is 4.03. The lowest BCUT2D eigenvalue weighted by Crippen LogP contribution is -2.50. The number of carbonyl (C=O) groups is 3. The van der Waals surface area contributed by atoms with Gasteiger partial charge in [0.05, 0.1) is 0 Å². The highest BCUT2D eigenvalue weighted by Crippen LogP contribution is 2.35. The number of amides is 4. The van der Waals surface area contributed by atoms with E-state index in [9.17, 15) is 14.4 Å². The number of nitrogens with zero attached hydrogens (tertiary/aromatic N) is 2. The number of benzene rings is 1. The van der Waals surface area contributed by atoms with Crippen LogP contribution in [-0.4, -0.2) is 32.7 Å². The molecule has 3 N–H and O–H groups in total. The first-order valence-electron chi connectivity index (χ1n) is 8.39. The Hall–Kier alpha value is -2.81. The van der Waals surface area contributed by atoms with Crippen molar-refractivity contribution in [3.05, 3.63) is 30.3 Å². The largest absolute Gasteiger partial charge is 0.323 e. The van der Waals surface area contributed by atoms with Gasteiger partial charge in [0.1, 0.15) is 5.54 Å². The van der Waals surface area contributed by atoms with Gasteiger partial charge in [0, 0.05) is 23.0 Å². The summed E-state index contributed by atoms with van der Waals surface area (Å²) in [5.74, 6) is -0.0489. The minimum absolute atomic E-state index is 0.125. The molecule has 9 heteroatoms. The molecule has 1 aromatic carbocycles. The Bertz CT molecular complexity index is 858. The Morgan fingerprint density at radius 1 is 1.19 bits per heavy atom. The predicted octanol–water partition coefficient (Wildman–Crippen LogP) is 1.91. The molecule has 8 nitrogen and oxygen atoms in total. The van der Waals surface area contributed by atoms with E-state index in [0.717, 1.165) is 17.1 Å². The van der Waals surface area contributed by atoms with Crippen LogP contribution in [0.25, 0.3) is 11.4 Å². The molecule has 2 fully saturated rings. The molecule has 1 aromatic heterocycles. The van der Waals surface area contributed by atoms with E-state index in [1.54, 1.807) is 0 Å². The van der Waals surface area contributed by atoms with Gasteiger partial charge < -0.3 is 10.6 Å². The lowest BCUT2D eigenvalue weighted by atomic mass is 9.76. The number of carbonyl (C=O) groups excluding carboxylic acids is 3. The molecule has 1 saturated heterocycles. The number of rotatable bonds is 3. The molecule has 1 aliphatic carbocycles. The number of hydrogen-bond donors (Lipinski definition) is 3. The number of aromatic nitrogens is 2. The molecular weight excluding hydrogens is 354 g/mol. The van der Waals surface area contributed by atoms with Crippen molar-refractivity contribution in [2.45, 2.75) is 31.2 Å². The average Bonchev–Trinajstić information content (AvgIpc) is 3.21. The summed E-state index contributed by atoms with van der Waals surface area (Å²) in [7, 11) is 0. The Morgan fingerprint density at radius 3 is 2.58 bits per heavy atom. The molecule has 0 atom stereocenters. The first-order valence-corrected chi connectivity index (χ1v) is 9.17. The minimum Gasteiger partial charge on any atom is -0.323 e. The van der Waals surface area contributed by atoms with Crippen molar-refractivity contribution in [1.82, 2.24) is 20.0 Å². The number of urea groups is 1. The second-order valence-corrected chi connectivity index (χ2v) is 7.29. The molecule has 4 amide bonds. The monoisotopic (exact) mass is 371 g/mol. The van der Waals surface area contributed by atoms with Gasteiger partial charge in [0.2, 0.25) is 11.0 Å². The van der Waals surface area contributed by atoms with E-state index in [0.29, 0.717) is 36.6 Å². The van der Waals surface area contributed by atoms with Crippen molar-refractivity contribution >= 4 is 34.5 Å². The third kappa shape index (κ3) is 3.05. The van der Waals surface area contributed by atoms with Gasteiger partial charge in [-0.1, -0.05) is 30.3 Å². The van der Waals surface area contributed by atoms with Crippen molar-refractivity contribution in [3.8, 4) is 11.4 Å². The average molecular weight is 371 g/mol. The van der Waals surface area contributed by atoms with E-state index in [-0.39, 0.29) is 17.7 Å². The number of nitrogens with one attached hydrogen (secondary N) is 3. The second-order valence-electron chi connectivity index (χ2n) is 6.54. The summed E-state index contributed by atoms with van der Waals surface area (Å²) in [6.45, 7) is 0. The smallest absolute Gasteiger partial charge is 0.322 e. The second kappa shape index (κ2) is 6.49. The van der Waals surface area contributed by atoms with Crippen LogP contribution in [0.5, 0.6) is 0 Å². The van der Waals surface area contributed by atoms with Crippen LogP contribution in [-0.2, 0) is 9.59 Å². The predicted molar refractivity (Wildman–Crippen MR) is 95.3 cm³/mol. The zero-order valence-electron chi connectivity index (χ0n) is 13.8. The zero-order chi connectivity index (χ0) is 18.1. The molecule has 2 heterocycles. The van der Waals surface area contributed by atoms with Gasteiger partial charge in [0.15, 0.2) is 5.82 Å². The summed E-state index contributed by atoms with van der Waals surface area (Å²) < 4.78 is 4.28. The molecule has 0 bridgehead atoms. The molecule has 1 aliphatic heterocycles. The molecule has 0 radical (unpaired) electrons. The van der Waals surface area contributed by atoms with Crippen LogP contribution in [0, 0.1) is 5.92 Å². The number of imide groups is 1. The quantitative estimate of drug-likeness (QED) is 0.714. The van der Waals surface area contributed by atoms with Crippen LogP contribution in [0.15, 0.2) is 30.3 Å². The van der Waals surface area contributed by atoms with Gasteiger partial charge in [-0.15, -0.1) is 0 Å². The fourth-order valence-electron chi connectivity index (χ4n) is 3.44. The normalized spacial score (nSPS) is 25.0. The van der Waals surface area contributed by atoms with Gasteiger partial charge in [0.25, 0.3) is 5.91 Å². The van der Waals surface area contributed by atoms with Crippen LogP contribution in [0.2, 0.25) is 0 Å². The maximum absolute atomic E-state index is 12.5. The molecule has 2 aliphatic rings. The maximum atomic E-state index is 12.5. The number of hydrogen-bond acceptors (Lipinski definition) is 6. The zero-order valence-corrected chi connectivity index (χ0v) is 14.6. The van der Waals surface area contributed by atoms with Crippen LogP contribution in [0.1, 0.15) is 25.7 Å². The molecule has 2 aromatic rings. The third-order valence-corrected chi connectivity index (χ3v) is 5.54. The van der Waals surface area contributed by atoms with Crippen LogP contribution < -0.4 is 16.0 Å². The Labute approximate surface area is 153 Å². The minimum atomic E-state index is -0.850. The Balaban J connectivity index is 1.37. The van der Waals surface area contributed by atoms with E-state index >= 15 is 0 Å². The lowest BCUT2D eigenvalue weighted by Gasteiger charge is -2.33. The highest BCUT2D eigenvalue weighted by molar-refractivity contribution is 7.10. The molecule has 1 saturated carbocycles. The number of anilines is 1. The van der Waals surface area contributed by atoms with E-state index < -0.39 is 11.6 Å². The van der Waals surface area contributed by atoms with E-state index in [4.69, 9.17) is 0 Å². The summed E-state index contributed by atoms with van der Waals surface area (Å²) in [5, 5.41) is 8.25. The maximum Gasteiger partial charge on any atom is 0.322 e. The lowest BCUT2D eigenvalue weighted by molar-refractivity contribution is -0.128. The topological polar surface area (TPSA) is 113 Å². The summed E-state index contributed by atoms with van der Waals surface area (Å²) in [6, 6.07) is 9.10. The van der Waals surface area contributed by atoms with Gasteiger partial charge in [-0.2, -0.15) is 9.36 Å². The van der Waals surface area contributed by atoms with Gasteiger partial charge >= 0.3 is 6.03 Å². The van der Waals surface area contributed by atoms with E-state index in [1.165, 1.54) is 0 Å². The highest BCUT2D eigenvalue weighted by Gasteiger charge is 2.48. The van der Waals surface area contributed by atoms with Gasteiger partial charge in [-0.05, 0) is 25.7 Å². The van der Waals surface area contributed by atoms with E-state index in [2.05, 4.69) is 25.3 Å². The highest BCUT2D eigenvalue weighted by atomic mass is 32.1. The van der Waals surface area contributed by atoms with Crippen LogP contribution in [0.3, 0.4) is 0 Å². The van der Waals surface area contributed by atoms with Crippen molar-refractivity contribution in [3.63, 3.8) is 0 Å². The van der Waals surface area contributed by atoms with Crippen molar-refractivity contribution in [2.75, 3.05) is 5.32 Å². The summed E-state index contributed by atoms with van der Waals surface area (Å²) in [4.78, 5) is 40.2. The van der Waals surface area contributed by atoms with Crippen LogP contribution in [0.4, 0.5) is 9.93 Å². The summed E-state index contributed by atoms with van der Waals surface area (Å²) >= 11 is 1.14. The summed E-state index contributed by atoms with van der Waals surface area (Å²) in [6.07, 6.45) is 1.97. The van der Waals surface area contributed by atoms with Crippen LogP contribution >= 0.6 is 11.5 Å². The first-order chi connectivity index (χ1) is 12.6. The van der Waals surface area contributed by atoms with E-state index in [1.807, 2.05) is 30.3 Å². The van der Waals surface area contributed by atoms with Crippen molar-refractivity contribution in [1.29, 1.82) is 0 Å². The van der Waals surface area contributed by atoms with Gasteiger partial charge in [-0.25, -0.2) is 4.79 Å². The molecule has 134 valence electrons. The Kier molecular flexibility index (Phi) is 4.15. The molecule has 0 unspecified atom stereocenters. The molecule has 4 rings (SSSR count). The first kappa shape index (κ1) is 16.6. The molecule has 26 heavy (non-hydrogen) atoms. The molecule has 1 spiro atoms. The van der Waals surface area contributed by atoms with Crippen molar-refractivity contribution < 1.29 is 14.4 Å². The van der Waals surface area contributed by atoms with Crippen molar-refractivity contribution in [2.24, 2.45) is 5.92 Å². The Morgan fingerprint density at radius 2 is 1.92 bits per heavy atom. The fraction of sp³-hybridized carbons (Fsp3) is 0.353. The molecular formula is C17H17N5O3S. The van der Waals surface area contributed by atoms with Gasteiger partial charge in [-0.3, -0.25) is 14.9 Å². The summed E-state index contributed by atoms with van der Waals surface area (Å²) in [5.41, 5.74) is 0.0451. The third-order valence-electron chi connectivity index (χ3n) is 4.91. The SMILES string of the molecule is O=C1NC(=O)C2(CCC(C(=O)Nc3nc(-c4ccccc4)ns3)CC2)N1. The standard InChI is InChI=1S/C17H17N5O3S/c23-13(11-6-8-17(9-7-11)14(24)20-15(25)21-17)19-16-18-12(22-26-16)10-4-2-1-3-5-10/h1-5,11H,6-9H2,(H,18,19,22,23)(H2,20,21,24,25).